The van der Waals surface area contributed by atoms with Crippen LogP contribution in [0.15, 0.2) is 28.6 Å². The van der Waals surface area contributed by atoms with Gasteiger partial charge in [0.05, 0.1) is 5.75 Å². The van der Waals surface area contributed by atoms with Gasteiger partial charge in [0, 0.05) is 19.7 Å². The van der Waals surface area contributed by atoms with Gasteiger partial charge in [-0.25, -0.2) is 0 Å². The lowest BCUT2D eigenvalue weighted by atomic mass is 10.1. The van der Waals surface area contributed by atoms with Gasteiger partial charge in [-0.1, -0.05) is 23.1 Å². The third kappa shape index (κ3) is 3.68. The minimum absolute atomic E-state index is 0.00611. The normalized spacial score (nSPS) is 10.4. The van der Waals surface area contributed by atoms with Gasteiger partial charge in [0.15, 0.2) is 10.1 Å². The molecule has 0 aliphatic heterocycles. The van der Waals surface area contributed by atoms with Crippen LogP contribution in [0.1, 0.15) is 10.4 Å². The largest absolute Gasteiger partial charge is 0.508 e. The zero-order chi connectivity index (χ0) is 13.8. The monoisotopic (exact) mass is 295 g/mol. The van der Waals surface area contributed by atoms with E-state index in [1.54, 1.807) is 12.1 Å². The Balaban J connectivity index is 1.94. The van der Waals surface area contributed by atoms with Crippen LogP contribution in [-0.4, -0.2) is 40.9 Å². The lowest BCUT2D eigenvalue weighted by molar-refractivity contribution is 0.102. The maximum Gasteiger partial charge on any atom is 0.208 e. The molecule has 0 radical (unpaired) electrons. The molecule has 1 aromatic carbocycles. The quantitative estimate of drug-likeness (QED) is 0.674. The first-order valence-electron chi connectivity index (χ1n) is 5.52. The molecule has 19 heavy (non-hydrogen) atoms. The van der Waals surface area contributed by atoms with Crippen molar-refractivity contribution in [3.8, 4) is 5.75 Å². The summed E-state index contributed by atoms with van der Waals surface area (Å²) in [6.45, 7) is 0. The molecule has 1 aromatic heterocycles. The van der Waals surface area contributed by atoms with Crippen molar-refractivity contribution in [1.82, 2.24) is 10.2 Å². The van der Waals surface area contributed by atoms with E-state index < -0.39 is 0 Å². The number of ketones is 1. The maximum absolute atomic E-state index is 11.9. The molecule has 0 aliphatic carbocycles. The Morgan fingerprint density at radius 2 is 2.00 bits per heavy atom. The highest BCUT2D eigenvalue weighted by Gasteiger charge is 2.10. The summed E-state index contributed by atoms with van der Waals surface area (Å²) >= 11 is 2.83. The number of hydrogen-bond donors (Lipinski definition) is 1. The second-order valence-corrected chi connectivity index (χ2v) is 6.18. The van der Waals surface area contributed by atoms with Crippen LogP contribution in [-0.2, 0) is 0 Å². The molecule has 0 saturated heterocycles. The van der Waals surface area contributed by atoms with Crippen LogP contribution in [0.25, 0.3) is 0 Å². The molecule has 0 bridgehead atoms. The Kier molecular flexibility index (Phi) is 4.39. The number of nitrogens with zero attached hydrogens (tertiary/aromatic N) is 3. The molecular formula is C12H13N3O2S2. The van der Waals surface area contributed by atoms with E-state index in [1.807, 2.05) is 19.0 Å². The summed E-state index contributed by atoms with van der Waals surface area (Å²) in [5.74, 6) is 0.475. The molecule has 5 nitrogen and oxygen atoms in total. The molecule has 2 rings (SSSR count). The summed E-state index contributed by atoms with van der Waals surface area (Å²) in [6.07, 6.45) is 0. The second-order valence-electron chi connectivity index (χ2n) is 4.00. The van der Waals surface area contributed by atoms with E-state index >= 15 is 0 Å². The van der Waals surface area contributed by atoms with Crippen molar-refractivity contribution < 1.29 is 9.90 Å². The van der Waals surface area contributed by atoms with Crippen molar-refractivity contribution in [3.63, 3.8) is 0 Å². The zero-order valence-electron chi connectivity index (χ0n) is 10.5. The molecule has 0 fully saturated rings. The van der Waals surface area contributed by atoms with Crippen molar-refractivity contribution in [1.29, 1.82) is 0 Å². The van der Waals surface area contributed by atoms with Crippen molar-refractivity contribution in [2.75, 3.05) is 24.7 Å². The number of phenolic OH excluding ortho intramolecular Hbond substituents is 1. The summed E-state index contributed by atoms with van der Waals surface area (Å²) in [6, 6.07) is 6.24. The van der Waals surface area contributed by atoms with E-state index in [0.29, 0.717) is 11.3 Å². The van der Waals surface area contributed by atoms with Crippen molar-refractivity contribution in [2.45, 2.75) is 4.34 Å². The Labute approximate surface area is 119 Å². The number of Topliss-reactive ketones (excluding diaryl/α,β-unsaturated/α-hetero) is 1. The number of phenols is 1. The van der Waals surface area contributed by atoms with Crippen LogP contribution in [0, 0.1) is 0 Å². The topological polar surface area (TPSA) is 66.3 Å². The summed E-state index contributed by atoms with van der Waals surface area (Å²) in [4.78, 5) is 13.8. The summed E-state index contributed by atoms with van der Waals surface area (Å²) in [5, 5.41) is 18.0. The molecule has 1 heterocycles. The van der Waals surface area contributed by atoms with Gasteiger partial charge in [-0.15, -0.1) is 10.2 Å². The van der Waals surface area contributed by atoms with E-state index in [4.69, 9.17) is 5.11 Å². The van der Waals surface area contributed by atoms with Gasteiger partial charge in [0.25, 0.3) is 0 Å². The third-order valence-corrected chi connectivity index (χ3v) is 4.52. The SMILES string of the molecule is CN(C)c1nnc(SCC(=O)c2ccc(O)cc2)s1. The molecule has 0 amide bonds. The summed E-state index contributed by atoms with van der Waals surface area (Å²) in [5.41, 5.74) is 0.586. The molecule has 0 aliphatic rings. The predicted octanol–water partition coefficient (Wildman–Crippen LogP) is 2.28. The number of benzene rings is 1. The fourth-order valence-electron chi connectivity index (χ4n) is 1.30. The molecule has 1 N–H and O–H groups in total. The van der Waals surface area contributed by atoms with Crippen LogP contribution in [0.2, 0.25) is 0 Å². The number of rotatable bonds is 5. The Hall–Kier alpha value is -1.60. The highest BCUT2D eigenvalue weighted by Crippen LogP contribution is 2.27. The molecule has 7 heteroatoms. The van der Waals surface area contributed by atoms with Gasteiger partial charge >= 0.3 is 0 Å². The van der Waals surface area contributed by atoms with Crippen LogP contribution in [0.4, 0.5) is 5.13 Å². The molecule has 100 valence electrons. The lowest BCUT2D eigenvalue weighted by Gasteiger charge is -2.03. The maximum atomic E-state index is 11.9. The fraction of sp³-hybridized carbons (Fsp3) is 0.250. The van der Waals surface area contributed by atoms with E-state index in [0.717, 1.165) is 9.47 Å². The summed E-state index contributed by atoms with van der Waals surface area (Å²) in [7, 11) is 3.80. The van der Waals surface area contributed by atoms with Gasteiger partial charge in [-0.05, 0) is 24.3 Å². The third-order valence-electron chi connectivity index (χ3n) is 2.29. The van der Waals surface area contributed by atoms with E-state index in [1.165, 1.54) is 35.2 Å². The zero-order valence-corrected chi connectivity index (χ0v) is 12.2. The Morgan fingerprint density at radius 3 is 2.58 bits per heavy atom. The highest BCUT2D eigenvalue weighted by molar-refractivity contribution is 8.01. The number of aromatic hydroxyl groups is 1. The second kappa shape index (κ2) is 6.03. The van der Waals surface area contributed by atoms with E-state index in [2.05, 4.69) is 10.2 Å². The number of carbonyl (C=O) groups is 1. The molecular weight excluding hydrogens is 282 g/mol. The minimum Gasteiger partial charge on any atom is -0.508 e. The van der Waals surface area contributed by atoms with Crippen LogP contribution in [0.3, 0.4) is 0 Å². The molecule has 2 aromatic rings. The smallest absolute Gasteiger partial charge is 0.208 e. The van der Waals surface area contributed by atoms with E-state index in [-0.39, 0.29) is 11.5 Å². The number of hydrogen-bond acceptors (Lipinski definition) is 7. The van der Waals surface area contributed by atoms with Gasteiger partial charge in [0.1, 0.15) is 5.75 Å². The molecule has 0 atom stereocenters. The van der Waals surface area contributed by atoms with Crippen LogP contribution >= 0.6 is 23.1 Å². The average molecular weight is 295 g/mol. The van der Waals surface area contributed by atoms with Crippen molar-refractivity contribution >= 4 is 34.0 Å². The number of carbonyl (C=O) groups excluding carboxylic acids is 1. The highest BCUT2D eigenvalue weighted by atomic mass is 32.2. The molecule has 0 saturated carbocycles. The van der Waals surface area contributed by atoms with Crippen LogP contribution < -0.4 is 4.90 Å². The summed E-state index contributed by atoms with van der Waals surface area (Å²) < 4.78 is 0.774. The Morgan fingerprint density at radius 1 is 1.32 bits per heavy atom. The average Bonchev–Trinajstić information content (AvgIpc) is 2.86. The number of thioether (sulfide) groups is 1. The van der Waals surface area contributed by atoms with Crippen molar-refractivity contribution in [2.24, 2.45) is 0 Å². The van der Waals surface area contributed by atoms with Gasteiger partial charge in [-0.3, -0.25) is 4.79 Å². The first kappa shape index (κ1) is 13.8. The van der Waals surface area contributed by atoms with Gasteiger partial charge < -0.3 is 10.0 Å². The van der Waals surface area contributed by atoms with Gasteiger partial charge in [-0.2, -0.15) is 0 Å². The number of anilines is 1. The first-order chi connectivity index (χ1) is 9.06. The standard InChI is InChI=1S/C12H13N3O2S2/c1-15(2)11-13-14-12(19-11)18-7-10(17)8-3-5-9(16)6-4-8/h3-6,16H,7H2,1-2H3. The van der Waals surface area contributed by atoms with Crippen LogP contribution in [0.5, 0.6) is 5.75 Å². The van der Waals surface area contributed by atoms with Gasteiger partial charge in [0.2, 0.25) is 5.13 Å². The van der Waals surface area contributed by atoms with Crippen molar-refractivity contribution in [3.05, 3.63) is 29.8 Å². The first-order valence-corrected chi connectivity index (χ1v) is 7.32. The molecule has 0 spiro atoms. The Bertz CT molecular complexity index is 567. The number of aromatic nitrogens is 2. The predicted molar refractivity (Wildman–Crippen MR) is 77.4 cm³/mol. The minimum atomic E-state index is 0.00611. The fourth-order valence-corrected chi connectivity index (χ4v) is 2.96. The lowest BCUT2D eigenvalue weighted by Crippen LogP contribution is -2.07. The molecule has 0 unspecified atom stereocenters. The van der Waals surface area contributed by atoms with E-state index in [9.17, 15) is 4.79 Å².